The average molecular weight is 349 g/mol. The maximum Gasteiger partial charge on any atom is 0.274 e. The molecule has 1 aliphatic carbocycles. The van der Waals surface area contributed by atoms with Gasteiger partial charge in [-0.25, -0.2) is 9.97 Å². The zero-order chi connectivity index (χ0) is 15.0. The minimum atomic E-state index is -0.353. The van der Waals surface area contributed by atoms with E-state index in [9.17, 15) is 9.59 Å². The first kappa shape index (κ1) is 13.9. The summed E-state index contributed by atoms with van der Waals surface area (Å²) in [5.74, 6) is 0.743. The molecule has 3 rings (SSSR count). The Hall–Kier alpha value is -2.02. The number of halogens is 1. The second kappa shape index (κ2) is 5.40. The number of rotatable bonds is 3. The standard InChI is InChI=1S/C14H13BrN4O2/c1-19-7-9(15)11(6-12(19)20)18-14(21)10-4-5-16-13(17-10)8-2-3-8/h4-8H,2-3H2,1H3,(H,18,21). The van der Waals surface area contributed by atoms with Gasteiger partial charge in [0, 0.05) is 31.4 Å². The summed E-state index contributed by atoms with van der Waals surface area (Å²) < 4.78 is 2.06. The second-order valence-corrected chi connectivity index (χ2v) is 5.87. The normalized spacial score (nSPS) is 14.0. The van der Waals surface area contributed by atoms with Crippen LogP contribution in [0.15, 0.2) is 33.8 Å². The van der Waals surface area contributed by atoms with Gasteiger partial charge >= 0.3 is 0 Å². The Bertz CT molecular complexity index is 768. The summed E-state index contributed by atoms with van der Waals surface area (Å²) in [5.41, 5.74) is 0.531. The molecule has 6 nitrogen and oxygen atoms in total. The molecular formula is C14H13BrN4O2. The quantitative estimate of drug-likeness (QED) is 0.920. The average Bonchev–Trinajstić information content (AvgIpc) is 3.29. The Labute approximate surface area is 129 Å². The highest BCUT2D eigenvalue weighted by Gasteiger charge is 2.27. The third-order valence-electron chi connectivity index (χ3n) is 3.28. The van der Waals surface area contributed by atoms with Crippen LogP contribution in [0.1, 0.15) is 35.1 Å². The monoisotopic (exact) mass is 348 g/mol. The molecule has 1 saturated carbocycles. The summed E-state index contributed by atoms with van der Waals surface area (Å²) in [6.45, 7) is 0. The second-order valence-electron chi connectivity index (χ2n) is 5.01. The van der Waals surface area contributed by atoms with Crippen LogP contribution in [0.2, 0.25) is 0 Å². The summed E-state index contributed by atoms with van der Waals surface area (Å²) >= 11 is 3.32. The summed E-state index contributed by atoms with van der Waals surface area (Å²) in [4.78, 5) is 32.3. The Balaban J connectivity index is 1.84. The highest BCUT2D eigenvalue weighted by molar-refractivity contribution is 9.10. The number of nitrogens with one attached hydrogen (secondary N) is 1. The van der Waals surface area contributed by atoms with Crippen molar-refractivity contribution in [3.8, 4) is 0 Å². The molecule has 7 heteroatoms. The number of aromatic nitrogens is 3. The Kier molecular flexibility index (Phi) is 3.59. The summed E-state index contributed by atoms with van der Waals surface area (Å²) in [5, 5.41) is 2.69. The molecule has 2 aromatic heterocycles. The molecule has 21 heavy (non-hydrogen) atoms. The van der Waals surface area contributed by atoms with E-state index in [4.69, 9.17) is 0 Å². The molecule has 1 N–H and O–H groups in total. The lowest BCUT2D eigenvalue weighted by atomic mass is 10.3. The van der Waals surface area contributed by atoms with Gasteiger partial charge in [-0.1, -0.05) is 0 Å². The molecular weight excluding hydrogens is 336 g/mol. The van der Waals surface area contributed by atoms with Crippen LogP contribution in [0.5, 0.6) is 0 Å². The van der Waals surface area contributed by atoms with Crippen LogP contribution in [0.4, 0.5) is 5.69 Å². The van der Waals surface area contributed by atoms with Crippen LogP contribution in [0, 0.1) is 0 Å². The predicted molar refractivity (Wildman–Crippen MR) is 81.3 cm³/mol. The first-order valence-corrected chi connectivity index (χ1v) is 7.34. The molecule has 0 aromatic carbocycles. The molecule has 1 aliphatic rings. The number of pyridine rings is 1. The van der Waals surface area contributed by atoms with Crippen molar-refractivity contribution < 1.29 is 4.79 Å². The number of nitrogens with zero attached hydrogens (tertiary/aromatic N) is 3. The van der Waals surface area contributed by atoms with Crippen molar-refractivity contribution in [1.29, 1.82) is 0 Å². The number of carbonyl (C=O) groups is 1. The van der Waals surface area contributed by atoms with E-state index < -0.39 is 0 Å². The maximum atomic E-state index is 12.2. The van der Waals surface area contributed by atoms with E-state index in [0.717, 1.165) is 12.8 Å². The third-order valence-corrected chi connectivity index (χ3v) is 3.91. The fourth-order valence-corrected chi connectivity index (χ4v) is 2.44. The van der Waals surface area contributed by atoms with Crippen molar-refractivity contribution in [1.82, 2.24) is 14.5 Å². The van der Waals surface area contributed by atoms with Crippen molar-refractivity contribution >= 4 is 27.5 Å². The van der Waals surface area contributed by atoms with Gasteiger partial charge in [-0.2, -0.15) is 0 Å². The lowest BCUT2D eigenvalue weighted by Gasteiger charge is -2.08. The van der Waals surface area contributed by atoms with Crippen molar-refractivity contribution in [2.75, 3.05) is 5.32 Å². The van der Waals surface area contributed by atoms with Crippen molar-refractivity contribution in [3.63, 3.8) is 0 Å². The number of carbonyl (C=O) groups excluding carboxylic acids is 1. The number of aryl methyl sites for hydroxylation is 1. The van der Waals surface area contributed by atoms with E-state index in [1.807, 2.05) is 0 Å². The zero-order valence-electron chi connectivity index (χ0n) is 11.3. The number of hydrogen-bond donors (Lipinski definition) is 1. The fraction of sp³-hybridized carbons (Fsp3) is 0.286. The van der Waals surface area contributed by atoms with Crippen LogP contribution in [-0.4, -0.2) is 20.4 Å². The minimum Gasteiger partial charge on any atom is -0.319 e. The largest absolute Gasteiger partial charge is 0.319 e. The van der Waals surface area contributed by atoms with Gasteiger partial charge in [0.05, 0.1) is 10.2 Å². The first-order valence-electron chi connectivity index (χ1n) is 6.55. The Morgan fingerprint density at radius 1 is 1.48 bits per heavy atom. The molecule has 0 unspecified atom stereocenters. The van der Waals surface area contributed by atoms with Gasteiger partial charge in [0.25, 0.3) is 11.5 Å². The summed E-state index contributed by atoms with van der Waals surface area (Å²) in [7, 11) is 1.64. The van der Waals surface area contributed by atoms with Crippen molar-refractivity contribution in [3.05, 3.63) is 50.9 Å². The highest BCUT2D eigenvalue weighted by atomic mass is 79.9. The smallest absolute Gasteiger partial charge is 0.274 e. The molecule has 0 atom stereocenters. The topological polar surface area (TPSA) is 76.9 Å². The minimum absolute atomic E-state index is 0.199. The van der Waals surface area contributed by atoms with Crippen LogP contribution in [0.25, 0.3) is 0 Å². The molecule has 0 radical (unpaired) electrons. The van der Waals surface area contributed by atoms with E-state index in [2.05, 4.69) is 31.2 Å². The van der Waals surface area contributed by atoms with E-state index in [1.54, 1.807) is 25.5 Å². The van der Waals surface area contributed by atoms with Crippen LogP contribution in [0.3, 0.4) is 0 Å². The van der Waals surface area contributed by atoms with Gasteiger partial charge in [0.15, 0.2) is 0 Å². The zero-order valence-corrected chi connectivity index (χ0v) is 12.9. The molecule has 2 aromatic rings. The Morgan fingerprint density at radius 3 is 2.95 bits per heavy atom. The number of anilines is 1. The SMILES string of the molecule is Cn1cc(Br)c(NC(=O)c2ccnc(C3CC3)n2)cc1=O. The predicted octanol–water partition coefficient (Wildman–Crippen LogP) is 2.07. The summed E-state index contributed by atoms with van der Waals surface area (Å²) in [6.07, 6.45) is 5.35. The Morgan fingerprint density at radius 2 is 2.24 bits per heavy atom. The highest BCUT2D eigenvalue weighted by Crippen LogP contribution is 2.37. The summed E-state index contributed by atoms with van der Waals surface area (Å²) in [6, 6.07) is 2.93. The lowest BCUT2D eigenvalue weighted by molar-refractivity contribution is 0.102. The molecule has 2 heterocycles. The third kappa shape index (κ3) is 3.02. The fourth-order valence-electron chi connectivity index (χ4n) is 1.92. The molecule has 0 saturated heterocycles. The molecule has 0 bridgehead atoms. The van der Waals surface area contributed by atoms with E-state index in [1.165, 1.54) is 10.6 Å². The van der Waals surface area contributed by atoms with Gasteiger partial charge in [-0.15, -0.1) is 0 Å². The van der Waals surface area contributed by atoms with Gasteiger partial charge in [-0.3, -0.25) is 9.59 Å². The van der Waals surface area contributed by atoms with Gasteiger partial charge < -0.3 is 9.88 Å². The van der Waals surface area contributed by atoms with Crippen LogP contribution >= 0.6 is 15.9 Å². The number of hydrogen-bond acceptors (Lipinski definition) is 4. The van der Waals surface area contributed by atoms with E-state index in [-0.39, 0.29) is 11.5 Å². The van der Waals surface area contributed by atoms with Crippen LogP contribution < -0.4 is 10.9 Å². The van der Waals surface area contributed by atoms with Gasteiger partial charge in [-0.05, 0) is 34.8 Å². The maximum absolute atomic E-state index is 12.2. The van der Waals surface area contributed by atoms with Gasteiger partial charge in [0.2, 0.25) is 0 Å². The number of amides is 1. The van der Waals surface area contributed by atoms with Crippen molar-refractivity contribution in [2.45, 2.75) is 18.8 Å². The van der Waals surface area contributed by atoms with E-state index >= 15 is 0 Å². The van der Waals surface area contributed by atoms with Gasteiger partial charge in [0.1, 0.15) is 11.5 Å². The molecule has 1 fully saturated rings. The molecule has 0 aliphatic heterocycles. The van der Waals surface area contributed by atoms with E-state index in [0.29, 0.717) is 27.6 Å². The molecule has 108 valence electrons. The molecule has 0 spiro atoms. The first-order chi connectivity index (χ1) is 10.0. The van der Waals surface area contributed by atoms with Crippen molar-refractivity contribution in [2.24, 2.45) is 7.05 Å². The molecule has 1 amide bonds. The lowest BCUT2D eigenvalue weighted by Crippen LogP contribution is -2.20. The van der Waals surface area contributed by atoms with Crippen LogP contribution in [-0.2, 0) is 7.05 Å².